The van der Waals surface area contributed by atoms with Crippen molar-refractivity contribution in [2.45, 2.75) is 6.61 Å². The number of alkyl halides is 1. The van der Waals surface area contributed by atoms with Crippen LogP contribution < -0.4 is 10.1 Å². The summed E-state index contributed by atoms with van der Waals surface area (Å²) >= 11 is 5.41. The van der Waals surface area contributed by atoms with E-state index in [1.165, 1.54) is 0 Å². The summed E-state index contributed by atoms with van der Waals surface area (Å²) < 4.78 is 5.64. The molecule has 2 aromatic rings. The minimum Gasteiger partial charge on any atom is -0.457 e. The number of anilines is 1. The highest BCUT2D eigenvalue weighted by molar-refractivity contribution is 6.29. The molecule has 2 rings (SSSR count). The van der Waals surface area contributed by atoms with Crippen LogP contribution in [0.5, 0.6) is 11.5 Å². The van der Waals surface area contributed by atoms with Gasteiger partial charge in [0, 0.05) is 5.69 Å². The quantitative estimate of drug-likeness (QED) is 0.832. The second-order valence-electron chi connectivity index (χ2n) is 4.11. The fourth-order valence-corrected chi connectivity index (χ4v) is 1.67. The molecule has 0 spiro atoms. The highest BCUT2D eigenvalue weighted by atomic mass is 35.5. The second kappa shape index (κ2) is 6.93. The molecule has 0 saturated carbocycles. The molecule has 20 heavy (non-hydrogen) atoms. The number of nitrogens with one attached hydrogen (secondary N) is 1. The number of carbonyl (C=O) groups excluding carboxylic acids is 1. The molecule has 0 aliphatic heterocycles. The molecule has 0 aliphatic carbocycles. The summed E-state index contributed by atoms with van der Waals surface area (Å²) in [5.74, 6) is 1.01. The van der Waals surface area contributed by atoms with E-state index in [4.69, 9.17) is 21.4 Å². The number of ether oxygens (including phenoxy) is 1. The summed E-state index contributed by atoms with van der Waals surface area (Å²) in [5.41, 5.74) is 1.50. The summed E-state index contributed by atoms with van der Waals surface area (Å²) in [5, 5.41) is 11.6. The van der Waals surface area contributed by atoms with Gasteiger partial charge in [0.2, 0.25) is 5.91 Å². The van der Waals surface area contributed by atoms with Gasteiger partial charge in [0.1, 0.15) is 17.4 Å². The van der Waals surface area contributed by atoms with Crippen molar-refractivity contribution in [1.29, 1.82) is 0 Å². The highest BCUT2D eigenvalue weighted by Gasteiger charge is 2.01. The number of aliphatic hydroxyl groups excluding tert-OH is 1. The fraction of sp³-hybridized carbons (Fsp3) is 0.133. The standard InChI is InChI=1S/C15H14ClNO3/c16-9-15(19)17-12-3-7-14(8-4-12)20-13-5-1-11(10-18)2-6-13/h1-8,18H,9-10H2,(H,17,19). The first-order chi connectivity index (χ1) is 9.71. The van der Waals surface area contributed by atoms with E-state index in [0.717, 1.165) is 5.56 Å². The van der Waals surface area contributed by atoms with Gasteiger partial charge >= 0.3 is 0 Å². The third kappa shape index (κ3) is 3.98. The van der Waals surface area contributed by atoms with E-state index in [9.17, 15) is 4.79 Å². The number of rotatable bonds is 5. The Balaban J connectivity index is 2.00. The Morgan fingerprint density at radius 1 is 1.05 bits per heavy atom. The van der Waals surface area contributed by atoms with Gasteiger partial charge in [0.05, 0.1) is 6.61 Å². The number of benzene rings is 2. The van der Waals surface area contributed by atoms with Gasteiger partial charge in [0.25, 0.3) is 0 Å². The normalized spacial score (nSPS) is 10.1. The number of carbonyl (C=O) groups is 1. The lowest BCUT2D eigenvalue weighted by molar-refractivity contribution is -0.113. The van der Waals surface area contributed by atoms with Gasteiger partial charge in [-0.05, 0) is 42.0 Å². The SMILES string of the molecule is O=C(CCl)Nc1ccc(Oc2ccc(CO)cc2)cc1. The zero-order chi connectivity index (χ0) is 14.4. The van der Waals surface area contributed by atoms with E-state index < -0.39 is 0 Å². The smallest absolute Gasteiger partial charge is 0.239 e. The van der Waals surface area contributed by atoms with E-state index in [0.29, 0.717) is 17.2 Å². The first kappa shape index (κ1) is 14.4. The molecule has 5 heteroatoms. The van der Waals surface area contributed by atoms with Crippen LogP contribution >= 0.6 is 11.6 Å². The summed E-state index contributed by atoms with van der Waals surface area (Å²) in [6.45, 7) is 0.00917. The number of hydrogen-bond acceptors (Lipinski definition) is 3. The molecule has 0 saturated heterocycles. The number of halogens is 1. The van der Waals surface area contributed by atoms with Crippen molar-refractivity contribution in [3.05, 3.63) is 54.1 Å². The van der Waals surface area contributed by atoms with Crippen LogP contribution in [0.1, 0.15) is 5.56 Å². The molecule has 0 unspecified atom stereocenters. The summed E-state index contributed by atoms with van der Waals surface area (Å²) in [4.78, 5) is 11.1. The van der Waals surface area contributed by atoms with Gasteiger partial charge in [-0.3, -0.25) is 4.79 Å². The number of hydrogen-bond donors (Lipinski definition) is 2. The maximum absolute atomic E-state index is 11.1. The van der Waals surface area contributed by atoms with Gasteiger partial charge in [-0.2, -0.15) is 0 Å². The van der Waals surface area contributed by atoms with Crippen molar-refractivity contribution in [1.82, 2.24) is 0 Å². The Bertz CT molecular complexity index is 567. The average molecular weight is 292 g/mol. The molecule has 0 radical (unpaired) electrons. The van der Waals surface area contributed by atoms with Gasteiger partial charge in [-0.1, -0.05) is 12.1 Å². The Hall–Kier alpha value is -2.04. The lowest BCUT2D eigenvalue weighted by atomic mass is 10.2. The third-order valence-corrected chi connectivity index (χ3v) is 2.84. The zero-order valence-electron chi connectivity index (χ0n) is 10.7. The first-order valence-electron chi connectivity index (χ1n) is 6.05. The Morgan fingerprint density at radius 2 is 1.60 bits per heavy atom. The van der Waals surface area contributed by atoms with Crippen LogP contribution in [0.3, 0.4) is 0 Å². The monoisotopic (exact) mass is 291 g/mol. The van der Waals surface area contributed by atoms with Crippen molar-refractivity contribution >= 4 is 23.2 Å². The maximum Gasteiger partial charge on any atom is 0.239 e. The summed E-state index contributed by atoms with van der Waals surface area (Å²) in [6, 6.07) is 14.1. The van der Waals surface area contributed by atoms with Crippen LogP contribution in [0, 0.1) is 0 Å². The molecule has 0 aliphatic rings. The van der Waals surface area contributed by atoms with E-state index in [-0.39, 0.29) is 18.4 Å². The van der Waals surface area contributed by atoms with Crippen LogP contribution in [-0.4, -0.2) is 16.9 Å². The van der Waals surface area contributed by atoms with Crippen molar-refractivity contribution in [3.63, 3.8) is 0 Å². The van der Waals surface area contributed by atoms with Gasteiger partial charge < -0.3 is 15.2 Å². The van der Waals surface area contributed by atoms with E-state index in [1.54, 1.807) is 48.5 Å². The molecule has 2 aromatic carbocycles. The molecule has 0 atom stereocenters. The largest absolute Gasteiger partial charge is 0.457 e. The fourth-order valence-electron chi connectivity index (χ4n) is 1.60. The molecular formula is C15H14ClNO3. The van der Waals surface area contributed by atoms with Crippen LogP contribution in [0.4, 0.5) is 5.69 Å². The predicted octanol–water partition coefficient (Wildman–Crippen LogP) is 3.15. The topological polar surface area (TPSA) is 58.6 Å². The van der Waals surface area contributed by atoms with E-state index >= 15 is 0 Å². The molecule has 0 fully saturated rings. The Kier molecular flexibility index (Phi) is 4.98. The van der Waals surface area contributed by atoms with Gasteiger partial charge in [-0.25, -0.2) is 0 Å². The summed E-state index contributed by atoms with van der Waals surface area (Å²) in [7, 11) is 0. The second-order valence-corrected chi connectivity index (χ2v) is 4.38. The lowest BCUT2D eigenvalue weighted by Gasteiger charge is -2.08. The minimum absolute atomic E-state index is 0.00917. The van der Waals surface area contributed by atoms with E-state index in [2.05, 4.69) is 5.32 Å². The number of amides is 1. The maximum atomic E-state index is 11.1. The van der Waals surface area contributed by atoms with E-state index in [1.807, 2.05) is 0 Å². The van der Waals surface area contributed by atoms with Crippen molar-refractivity contribution in [2.24, 2.45) is 0 Å². The molecule has 1 amide bonds. The highest BCUT2D eigenvalue weighted by Crippen LogP contribution is 2.23. The average Bonchev–Trinajstić information content (AvgIpc) is 2.50. The first-order valence-corrected chi connectivity index (χ1v) is 6.58. The minimum atomic E-state index is -0.250. The molecule has 4 nitrogen and oxygen atoms in total. The Labute approximate surface area is 122 Å². The summed E-state index contributed by atoms with van der Waals surface area (Å²) in [6.07, 6.45) is 0. The van der Waals surface area contributed by atoms with Crippen LogP contribution in [0.25, 0.3) is 0 Å². The molecule has 0 heterocycles. The number of aliphatic hydroxyl groups is 1. The molecule has 0 aromatic heterocycles. The van der Waals surface area contributed by atoms with Crippen LogP contribution in [0.15, 0.2) is 48.5 Å². The lowest BCUT2D eigenvalue weighted by Crippen LogP contribution is -2.12. The third-order valence-electron chi connectivity index (χ3n) is 2.60. The van der Waals surface area contributed by atoms with Crippen molar-refractivity contribution in [3.8, 4) is 11.5 Å². The molecule has 0 bridgehead atoms. The van der Waals surface area contributed by atoms with Crippen molar-refractivity contribution < 1.29 is 14.6 Å². The zero-order valence-corrected chi connectivity index (χ0v) is 11.4. The molecular weight excluding hydrogens is 278 g/mol. The predicted molar refractivity (Wildman–Crippen MR) is 78.2 cm³/mol. The molecule has 2 N–H and O–H groups in total. The Morgan fingerprint density at radius 3 is 2.10 bits per heavy atom. The van der Waals surface area contributed by atoms with Crippen molar-refractivity contribution in [2.75, 3.05) is 11.2 Å². The van der Waals surface area contributed by atoms with Gasteiger partial charge in [0.15, 0.2) is 0 Å². The van der Waals surface area contributed by atoms with Crippen LogP contribution in [-0.2, 0) is 11.4 Å². The van der Waals surface area contributed by atoms with Crippen LogP contribution in [0.2, 0.25) is 0 Å². The van der Waals surface area contributed by atoms with Gasteiger partial charge in [-0.15, -0.1) is 11.6 Å². The molecule has 104 valence electrons.